The molecule has 100 valence electrons. The standard InChI is InChI=1S/C13H15N3O2S/c14-10-13(15-19-16-6-8-17-9-7-16)18-11-12-4-2-1-3-5-12/h1-5H,6-9,11H2/b15-13+. The molecule has 0 amide bonds. The van der Waals surface area contributed by atoms with Crippen LogP contribution in [0.3, 0.4) is 0 Å². The summed E-state index contributed by atoms with van der Waals surface area (Å²) in [5.74, 6) is 0.0975. The first-order valence-electron chi connectivity index (χ1n) is 6.03. The van der Waals surface area contributed by atoms with Gasteiger partial charge >= 0.3 is 5.90 Å². The summed E-state index contributed by atoms with van der Waals surface area (Å²) in [4.78, 5) is 0. The zero-order chi connectivity index (χ0) is 13.3. The van der Waals surface area contributed by atoms with Gasteiger partial charge in [0, 0.05) is 13.1 Å². The molecule has 5 nitrogen and oxygen atoms in total. The summed E-state index contributed by atoms with van der Waals surface area (Å²) in [5, 5.41) is 8.97. The molecular formula is C13H15N3O2S. The highest BCUT2D eigenvalue weighted by Gasteiger charge is 2.11. The van der Waals surface area contributed by atoms with E-state index in [1.54, 1.807) is 0 Å². The number of morpholine rings is 1. The van der Waals surface area contributed by atoms with Crippen LogP contribution in [0.4, 0.5) is 0 Å². The number of hydrogen-bond donors (Lipinski definition) is 0. The number of ether oxygens (including phenoxy) is 2. The minimum absolute atomic E-state index is 0.0975. The fourth-order valence-electron chi connectivity index (χ4n) is 1.53. The zero-order valence-corrected chi connectivity index (χ0v) is 11.3. The second-order valence-corrected chi connectivity index (χ2v) is 4.77. The average molecular weight is 277 g/mol. The fraction of sp³-hybridized carbons (Fsp3) is 0.385. The number of rotatable bonds is 4. The molecule has 1 heterocycles. The Balaban J connectivity index is 1.80. The van der Waals surface area contributed by atoms with Crippen LogP contribution in [0.1, 0.15) is 5.56 Å². The van der Waals surface area contributed by atoms with Crippen LogP contribution in [0.2, 0.25) is 0 Å². The molecular weight excluding hydrogens is 262 g/mol. The summed E-state index contributed by atoms with van der Waals surface area (Å²) in [6.07, 6.45) is 0. The number of benzene rings is 1. The lowest BCUT2D eigenvalue weighted by atomic mass is 10.2. The molecule has 0 atom stereocenters. The van der Waals surface area contributed by atoms with E-state index in [0.29, 0.717) is 19.8 Å². The van der Waals surface area contributed by atoms with E-state index in [0.717, 1.165) is 18.7 Å². The second kappa shape index (κ2) is 7.79. The largest absolute Gasteiger partial charge is 0.465 e. The lowest BCUT2D eigenvalue weighted by Gasteiger charge is -2.22. The molecule has 1 saturated heterocycles. The fourth-order valence-corrected chi connectivity index (χ4v) is 2.12. The summed E-state index contributed by atoms with van der Waals surface area (Å²) < 4.78 is 16.8. The number of nitrogens with zero attached hydrogens (tertiary/aromatic N) is 3. The Morgan fingerprint density at radius 3 is 2.79 bits per heavy atom. The maximum Gasteiger partial charge on any atom is 0.303 e. The van der Waals surface area contributed by atoms with Gasteiger partial charge in [-0.3, -0.25) is 0 Å². The molecule has 0 N–H and O–H groups in total. The van der Waals surface area contributed by atoms with Crippen LogP contribution in [0.25, 0.3) is 0 Å². The van der Waals surface area contributed by atoms with Crippen molar-refractivity contribution in [3.8, 4) is 6.07 Å². The van der Waals surface area contributed by atoms with E-state index in [2.05, 4.69) is 4.40 Å². The van der Waals surface area contributed by atoms with Gasteiger partial charge in [-0.05, 0) is 5.56 Å². The van der Waals surface area contributed by atoms with Gasteiger partial charge in [0.25, 0.3) is 0 Å². The lowest BCUT2D eigenvalue weighted by molar-refractivity contribution is 0.0773. The van der Waals surface area contributed by atoms with Crippen LogP contribution in [-0.4, -0.2) is 36.5 Å². The zero-order valence-electron chi connectivity index (χ0n) is 10.5. The van der Waals surface area contributed by atoms with Gasteiger partial charge in [-0.1, -0.05) is 30.3 Å². The maximum absolute atomic E-state index is 8.97. The molecule has 0 aromatic heterocycles. The molecule has 1 aromatic rings. The summed E-state index contributed by atoms with van der Waals surface area (Å²) in [6, 6.07) is 11.7. The Bertz CT molecular complexity index is 453. The number of nitriles is 1. The average Bonchev–Trinajstić information content (AvgIpc) is 2.49. The molecule has 0 radical (unpaired) electrons. The molecule has 6 heteroatoms. The summed E-state index contributed by atoms with van der Waals surface area (Å²) in [5.41, 5.74) is 1.02. The molecule has 0 bridgehead atoms. The maximum atomic E-state index is 8.97. The summed E-state index contributed by atoms with van der Waals surface area (Å²) in [7, 11) is 0. The van der Waals surface area contributed by atoms with Gasteiger partial charge in [0.05, 0.1) is 25.3 Å². The van der Waals surface area contributed by atoms with Crippen LogP contribution in [0.5, 0.6) is 0 Å². The topological polar surface area (TPSA) is 57.9 Å². The predicted octanol–water partition coefficient (Wildman–Crippen LogP) is 2.02. The predicted molar refractivity (Wildman–Crippen MR) is 74.3 cm³/mol. The van der Waals surface area contributed by atoms with Crippen molar-refractivity contribution in [3.63, 3.8) is 0 Å². The van der Waals surface area contributed by atoms with E-state index in [1.165, 1.54) is 12.1 Å². The molecule has 2 rings (SSSR count). The highest BCUT2D eigenvalue weighted by Crippen LogP contribution is 2.14. The molecule has 1 aliphatic rings. The smallest absolute Gasteiger partial charge is 0.303 e. The molecule has 19 heavy (non-hydrogen) atoms. The van der Waals surface area contributed by atoms with Crippen molar-refractivity contribution in [3.05, 3.63) is 35.9 Å². The highest BCUT2D eigenvalue weighted by molar-refractivity contribution is 7.95. The van der Waals surface area contributed by atoms with Crippen LogP contribution in [0.15, 0.2) is 34.7 Å². The van der Waals surface area contributed by atoms with Crippen molar-refractivity contribution in [2.45, 2.75) is 6.61 Å². The van der Waals surface area contributed by atoms with E-state index in [-0.39, 0.29) is 5.90 Å². The van der Waals surface area contributed by atoms with E-state index >= 15 is 0 Å². The Hall–Kier alpha value is -1.55. The quantitative estimate of drug-likeness (QED) is 0.479. The molecule has 1 aromatic carbocycles. The van der Waals surface area contributed by atoms with Crippen molar-refractivity contribution >= 4 is 18.0 Å². The first kappa shape index (κ1) is 13.9. The van der Waals surface area contributed by atoms with E-state index in [4.69, 9.17) is 14.7 Å². The van der Waals surface area contributed by atoms with Gasteiger partial charge in [0.2, 0.25) is 0 Å². The normalized spacial score (nSPS) is 16.9. The van der Waals surface area contributed by atoms with Gasteiger partial charge in [-0.2, -0.15) is 9.66 Å². The van der Waals surface area contributed by atoms with Gasteiger partial charge in [0.15, 0.2) is 6.07 Å². The second-order valence-electron chi connectivity index (χ2n) is 3.91. The van der Waals surface area contributed by atoms with Crippen LogP contribution < -0.4 is 0 Å². The summed E-state index contributed by atoms with van der Waals surface area (Å²) >= 11 is 1.26. The lowest BCUT2D eigenvalue weighted by Crippen LogP contribution is -2.30. The van der Waals surface area contributed by atoms with Crippen molar-refractivity contribution in [2.24, 2.45) is 4.40 Å². The van der Waals surface area contributed by atoms with E-state index in [1.807, 2.05) is 40.7 Å². The first-order chi connectivity index (χ1) is 9.38. The minimum Gasteiger partial charge on any atom is -0.465 e. The van der Waals surface area contributed by atoms with Gasteiger partial charge in [0.1, 0.15) is 6.61 Å². The highest BCUT2D eigenvalue weighted by atomic mass is 32.2. The van der Waals surface area contributed by atoms with Crippen LogP contribution in [-0.2, 0) is 16.1 Å². The van der Waals surface area contributed by atoms with Crippen LogP contribution >= 0.6 is 12.1 Å². The van der Waals surface area contributed by atoms with Crippen LogP contribution in [0, 0.1) is 11.3 Å². The molecule has 0 spiro atoms. The third kappa shape index (κ3) is 4.91. The Kier molecular flexibility index (Phi) is 5.69. The third-order valence-corrected chi connectivity index (χ3v) is 3.37. The van der Waals surface area contributed by atoms with Gasteiger partial charge in [-0.15, -0.1) is 0 Å². The minimum atomic E-state index is 0.0975. The molecule has 1 fully saturated rings. The molecule has 0 aliphatic carbocycles. The SMILES string of the molecule is N#C/C(=N\SN1CCOCC1)OCc1ccccc1. The Morgan fingerprint density at radius 1 is 1.37 bits per heavy atom. The molecule has 0 unspecified atom stereocenters. The van der Waals surface area contributed by atoms with Crippen molar-refractivity contribution in [2.75, 3.05) is 26.3 Å². The molecule has 1 aliphatic heterocycles. The Morgan fingerprint density at radius 2 is 2.11 bits per heavy atom. The first-order valence-corrected chi connectivity index (χ1v) is 6.76. The monoisotopic (exact) mass is 277 g/mol. The number of hydrogen-bond acceptors (Lipinski definition) is 6. The van der Waals surface area contributed by atoms with Crippen molar-refractivity contribution in [1.29, 1.82) is 5.26 Å². The summed E-state index contributed by atoms with van der Waals surface area (Å²) in [6.45, 7) is 3.39. The Labute approximate surface area is 117 Å². The van der Waals surface area contributed by atoms with Gasteiger partial charge < -0.3 is 9.47 Å². The molecule has 0 saturated carbocycles. The van der Waals surface area contributed by atoms with Crippen molar-refractivity contribution < 1.29 is 9.47 Å². The van der Waals surface area contributed by atoms with Crippen molar-refractivity contribution in [1.82, 2.24) is 4.31 Å². The van der Waals surface area contributed by atoms with Gasteiger partial charge in [-0.25, -0.2) is 4.31 Å². The third-order valence-electron chi connectivity index (χ3n) is 2.52. The van der Waals surface area contributed by atoms with E-state index < -0.39 is 0 Å². The van der Waals surface area contributed by atoms with E-state index in [9.17, 15) is 0 Å².